The van der Waals surface area contributed by atoms with Crippen LogP contribution in [0.1, 0.15) is 21.5 Å². The van der Waals surface area contributed by atoms with Crippen molar-refractivity contribution in [2.75, 3.05) is 7.11 Å². The molecule has 0 aromatic heterocycles. The van der Waals surface area contributed by atoms with Crippen LogP contribution in [0.25, 0.3) is 0 Å². The maximum Gasteiger partial charge on any atom is 0.384 e. The highest BCUT2D eigenvalue weighted by Gasteiger charge is 2.20. The molecule has 2 rings (SSSR count). The molecule has 0 atom stereocenters. The van der Waals surface area contributed by atoms with Crippen LogP contribution in [0.4, 0.5) is 0 Å². The van der Waals surface area contributed by atoms with Crippen molar-refractivity contribution in [2.24, 2.45) is 0 Å². The van der Waals surface area contributed by atoms with Crippen LogP contribution in [-0.2, 0) is 16.1 Å². The topological polar surface area (TPSA) is 55.4 Å². The summed E-state index contributed by atoms with van der Waals surface area (Å²) in [5.74, 6) is 4.35. The number of carbonyl (C=O) groups is 2. The summed E-state index contributed by atoms with van der Waals surface area (Å²) in [6, 6.07) is 5.25. The molecule has 4 nitrogen and oxygen atoms in total. The molecule has 0 unspecified atom stereocenters. The van der Waals surface area contributed by atoms with E-state index < -0.39 is 5.97 Å². The first-order valence-electron chi connectivity index (χ1n) is 4.72. The molecule has 1 N–H and O–H groups in total. The molecule has 4 heteroatoms. The van der Waals surface area contributed by atoms with Gasteiger partial charge in [0.2, 0.25) is 0 Å². The largest absolute Gasteiger partial charge is 0.459 e. The number of ether oxygens (including phenoxy) is 1. The van der Waals surface area contributed by atoms with Crippen LogP contribution in [0.5, 0.6) is 0 Å². The summed E-state index contributed by atoms with van der Waals surface area (Å²) in [6.07, 6.45) is 0. The van der Waals surface area contributed by atoms with E-state index in [2.05, 4.69) is 21.9 Å². The van der Waals surface area contributed by atoms with Gasteiger partial charge in [0.25, 0.3) is 5.91 Å². The van der Waals surface area contributed by atoms with E-state index in [1.807, 2.05) is 0 Å². The lowest BCUT2D eigenvalue weighted by Gasteiger charge is -1.98. The predicted molar refractivity (Wildman–Crippen MR) is 56.5 cm³/mol. The van der Waals surface area contributed by atoms with Crippen LogP contribution < -0.4 is 5.32 Å². The molecule has 0 spiro atoms. The third kappa shape index (κ3) is 1.75. The van der Waals surface area contributed by atoms with Crippen molar-refractivity contribution >= 4 is 11.9 Å². The normalized spacial score (nSPS) is 12.2. The Hall–Kier alpha value is -2.28. The summed E-state index contributed by atoms with van der Waals surface area (Å²) in [5, 5.41) is 2.70. The van der Waals surface area contributed by atoms with E-state index in [9.17, 15) is 9.59 Å². The molecule has 1 aliphatic rings. The molecule has 0 saturated carbocycles. The molecule has 0 bridgehead atoms. The van der Waals surface area contributed by atoms with E-state index >= 15 is 0 Å². The first-order chi connectivity index (χ1) is 7.72. The van der Waals surface area contributed by atoms with Crippen molar-refractivity contribution in [1.82, 2.24) is 5.32 Å². The van der Waals surface area contributed by atoms with Crippen molar-refractivity contribution < 1.29 is 14.3 Å². The molecule has 0 aliphatic carbocycles. The van der Waals surface area contributed by atoms with Gasteiger partial charge in [-0.3, -0.25) is 4.79 Å². The van der Waals surface area contributed by atoms with Gasteiger partial charge in [0.05, 0.1) is 7.11 Å². The molecule has 16 heavy (non-hydrogen) atoms. The molecule has 80 valence electrons. The highest BCUT2D eigenvalue weighted by atomic mass is 16.5. The summed E-state index contributed by atoms with van der Waals surface area (Å²) < 4.78 is 4.42. The zero-order chi connectivity index (χ0) is 11.5. The summed E-state index contributed by atoms with van der Waals surface area (Å²) in [6.45, 7) is 0.459. The summed E-state index contributed by atoms with van der Waals surface area (Å²) in [5.41, 5.74) is 2.14. The molecular formula is C12H9NO3. The SMILES string of the molecule is COC(=O)C#Cc1cccc2c1CNC2=O. The zero-order valence-corrected chi connectivity index (χ0v) is 8.66. The first-order valence-corrected chi connectivity index (χ1v) is 4.72. The van der Waals surface area contributed by atoms with Crippen molar-refractivity contribution in [3.8, 4) is 11.8 Å². The predicted octanol–water partition coefficient (Wildman–Crippen LogP) is 0.454. The number of nitrogens with one attached hydrogen (secondary N) is 1. The number of carbonyl (C=O) groups excluding carboxylic acids is 2. The lowest BCUT2D eigenvalue weighted by molar-refractivity contribution is -0.133. The Morgan fingerprint density at radius 2 is 2.31 bits per heavy atom. The van der Waals surface area contributed by atoms with Gasteiger partial charge in [0, 0.05) is 23.6 Å². The van der Waals surface area contributed by atoms with Gasteiger partial charge in [-0.2, -0.15) is 0 Å². The Labute approximate surface area is 92.6 Å². The smallest absolute Gasteiger partial charge is 0.384 e. The highest BCUT2D eigenvalue weighted by molar-refractivity contribution is 5.99. The van der Waals surface area contributed by atoms with Crippen LogP contribution in [0, 0.1) is 11.8 Å². The molecule has 1 amide bonds. The van der Waals surface area contributed by atoms with Crippen LogP contribution in [0.15, 0.2) is 18.2 Å². The standard InChI is InChI=1S/C12H9NO3/c1-16-11(14)6-5-8-3-2-4-9-10(8)7-13-12(9)15/h2-4H,7H2,1H3,(H,13,15). The lowest BCUT2D eigenvalue weighted by atomic mass is 10.0. The minimum atomic E-state index is -0.588. The molecule has 1 aromatic carbocycles. The molecule has 1 aliphatic heterocycles. The first kappa shape index (κ1) is 10.2. The Balaban J connectivity index is 2.39. The fourth-order valence-corrected chi connectivity index (χ4v) is 1.54. The number of fused-ring (bicyclic) bond motifs is 1. The second-order valence-corrected chi connectivity index (χ2v) is 3.26. The molecule has 0 radical (unpaired) electrons. The summed E-state index contributed by atoms with van der Waals surface area (Å²) in [7, 11) is 1.28. The fourth-order valence-electron chi connectivity index (χ4n) is 1.54. The minimum Gasteiger partial charge on any atom is -0.459 e. The molecule has 0 fully saturated rings. The van der Waals surface area contributed by atoms with E-state index in [0.717, 1.165) is 5.56 Å². The number of methoxy groups -OCH3 is 1. The molecule has 0 saturated heterocycles. The number of rotatable bonds is 0. The third-order valence-corrected chi connectivity index (χ3v) is 2.33. The van der Waals surface area contributed by atoms with Gasteiger partial charge >= 0.3 is 5.97 Å². The van der Waals surface area contributed by atoms with Gasteiger partial charge in [-0.1, -0.05) is 12.0 Å². The Kier molecular flexibility index (Phi) is 2.61. The van der Waals surface area contributed by atoms with E-state index in [1.165, 1.54) is 7.11 Å². The van der Waals surface area contributed by atoms with Gasteiger partial charge in [0.15, 0.2) is 0 Å². The Morgan fingerprint density at radius 1 is 1.50 bits per heavy atom. The van der Waals surface area contributed by atoms with E-state index in [0.29, 0.717) is 17.7 Å². The molecule has 1 heterocycles. The maximum absolute atomic E-state index is 11.4. The van der Waals surface area contributed by atoms with Crippen LogP contribution in [0.3, 0.4) is 0 Å². The average Bonchev–Trinajstić information content (AvgIpc) is 2.69. The number of benzene rings is 1. The van der Waals surface area contributed by atoms with Crippen molar-refractivity contribution in [2.45, 2.75) is 6.54 Å². The average molecular weight is 215 g/mol. The van der Waals surface area contributed by atoms with Gasteiger partial charge in [0.1, 0.15) is 0 Å². The van der Waals surface area contributed by atoms with E-state index in [4.69, 9.17) is 0 Å². The highest BCUT2D eigenvalue weighted by Crippen LogP contribution is 2.18. The number of hydrogen-bond acceptors (Lipinski definition) is 3. The lowest BCUT2D eigenvalue weighted by Crippen LogP contribution is -2.12. The quantitative estimate of drug-likeness (QED) is 0.505. The zero-order valence-electron chi connectivity index (χ0n) is 8.66. The Morgan fingerprint density at radius 3 is 3.06 bits per heavy atom. The number of hydrogen-bond donors (Lipinski definition) is 1. The number of esters is 1. The molecule has 1 aromatic rings. The van der Waals surface area contributed by atoms with Crippen LogP contribution in [0.2, 0.25) is 0 Å². The van der Waals surface area contributed by atoms with Gasteiger partial charge in [-0.15, -0.1) is 0 Å². The second kappa shape index (κ2) is 4.07. The summed E-state index contributed by atoms with van der Waals surface area (Å²) in [4.78, 5) is 22.2. The van der Waals surface area contributed by atoms with Gasteiger partial charge < -0.3 is 10.1 Å². The van der Waals surface area contributed by atoms with Crippen molar-refractivity contribution in [1.29, 1.82) is 0 Å². The van der Waals surface area contributed by atoms with E-state index in [1.54, 1.807) is 18.2 Å². The molecular weight excluding hydrogens is 206 g/mol. The monoisotopic (exact) mass is 215 g/mol. The van der Waals surface area contributed by atoms with Crippen molar-refractivity contribution in [3.63, 3.8) is 0 Å². The second-order valence-electron chi connectivity index (χ2n) is 3.26. The maximum atomic E-state index is 11.4. The van der Waals surface area contributed by atoms with Crippen LogP contribution >= 0.6 is 0 Å². The fraction of sp³-hybridized carbons (Fsp3) is 0.167. The third-order valence-electron chi connectivity index (χ3n) is 2.33. The summed E-state index contributed by atoms with van der Waals surface area (Å²) >= 11 is 0. The van der Waals surface area contributed by atoms with E-state index in [-0.39, 0.29) is 5.91 Å². The van der Waals surface area contributed by atoms with Gasteiger partial charge in [-0.05, 0) is 17.7 Å². The number of amides is 1. The van der Waals surface area contributed by atoms with Crippen molar-refractivity contribution in [3.05, 3.63) is 34.9 Å². The van der Waals surface area contributed by atoms with Crippen LogP contribution in [-0.4, -0.2) is 19.0 Å². The Bertz CT molecular complexity index is 523. The minimum absolute atomic E-state index is 0.100. The van der Waals surface area contributed by atoms with Gasteiger partial charge in [-0.25, -0.2) is 4.79 Å².